The number of nitrogens with zero attached hydrogens (tertiary/aromatic N) is 9. The normalized spacial score (nSPS) is 20.6. The van der Waals surface area contributed by atoms with Crippen LogP contribution in [0.4, 0.5) is 23.0 Å². The lowest BCUT2D eigenvalue weighted by atomic mass is 9.90. The zero-order valence-electron chi connectivity index (χ0n) is 38.6. The first-order chi connectivity index (χ1) is 33.2. The molecule has 19 heteroatoms. The third-order valence-corrected chi connectivity index (χ3v) is 15.6. The van der Waals surface area contributed by atoms with Crippen molar-refractivity contribution in [1.29, 1.82) is 0 Å². The number of piperidine rings is 1. The minimum absolute atomic E-state index is 0.0678. The summed E-state index contributed by atoms with van der Waals surface area (Å²) in [5.41, 5.74) is 7.59. The second-order valence-electron chi connectivity index (χ2n) is 19.8. The fourth-order valence-electron chi connectivity index (χ4n) is 11.2. The van der Waals surface area contributed by atoms with Crippen LogP contribution in [0.5, 0.6) is 0 Å². The van der Waals surface area contributed by atoms with E-state index in [9.17, 15) is 33.9 Å². The van der Waals surface area contributed by atoms with Crippen molar-refractivity contribution in [3.05, 3.63) is 115 Å². The van der Waals surface area contributed by atoms with Crippen molar-refractivity contribution < 1.29 is 29.1 Å². The third kappa shape index (κ3) is 7.84. The number of likely N-dealkylation sites (tertiary alicyclic amines) is 1. The summed E-state index contributed by atoms with van der Waals surface area (Å²) in [6.45, 7) is 10.9. The highest BCUT2D eigenvalue weighted by Crippen LogP contribution is 2.41. The summed E-state index contributed by atoms with van der Waals surface area (Å²) in [4.78, 5) is 97.5. The summed E-state index contributed by atoms with van der Waals surface area (Å²) >= 11 is 3.61. The number of aryl methyl sites for hydroxylation is 1. The molecule has 1 atom stereocenters. The quantitative estimate of drug-likeness (QED) is 0.171. The van der Waals surface area contributed by atoms with Crippen LogP contribution in [0.3, 0.4) is 0 Å². The molecule has 356 valence electrons. The van der Waals surface area contributed by atoms with Crippen LogP contribution in [0.15, 0.2) is 70.3 Å². The van der Waals surface area contributed by atoms with Crippen LogP contribution < -0.4 is 26.0 Å². The Kier molecular flexibility index (Phi) is 11.2. The SMILES string of the molecule is Cn1cc(-c2ccnc(N3CCn4c(cc5c4CC(C)(C)C5)C3=O)c2CO)cc(Nc2ccc(N3CCN(C4CN(Cc5ccc6c(c5Br)C(=O)N(C5CCC(=O)NC5=O)C6=O)C4)CC3)cn2)c1=O. The van der Waals surface area contributed by atoms with Gasteiger partial charge in [0, 0.05) is 112 Å². The minimum Gasteiger partial charge on any atom is -0.392 e. The summed E-state index contributed by atoms with van der Waals surface area (Å²) < 4.78 is 4.21. The molecule has 3 saturated heterocycles. The van der Waals surface area contributed by atoms with Gasteiger partial charge in [-0.25, -0.2) is 9.97 Å². The minimum atomic E-state index is -1.01. The standard InChI is InChI=1S/C50H52BrN11O7/c1-50(2)20-29-19-38-48(68)61(17-16-60(38)39(29)21-50)44-35(27-63)33(10-11-52-44)30-18-36(47(67)56(3)23-30)54-40-8-5-31(22-53-40)58-12-14-59(15-13-58)32-25-57(26-32)24-28-4-6-34-42(43(28)51)49(69)62(46(34)66)37-7-9-41(64)55-45(37)65/h4-6,8,10-11,18-19,22-23,32,37,63H,7,9,12-17,20-21,24-27H2,1-3H3,(H,53,54)(H,55,64,65). The van der Waals surface area contributed by atoms with E-state index in [1.54, 1.807) is 42.5 Å². The number of piperazine rings is 1. The predicted octanol–water partition coefficient (Wildman–Crippen LogP) is 3.84. The van der Waals surface area contributed by atoms with Crippen LogP contribution >= 0.6 is 15.9 Å². The molecule has 5 aliphatic heterocycles. The van der Waals surface area contributed by atoms with Crippen molar-refractivity contribution >= 4 is 68.5 Å². The van der Waals surface area contributed by atoms with Gasteiger partial charge in [-0.05, 0) is 93.7 Å². The Morgan fingerprint density at radius 2 is 1.68 bits per heavy atom. The van der Waals surface area contributed by atoms with Crippen molar-refractivity contribution in [2.75, 3.05) is 60.9 Å². The van der Waals surface area contributed by atoms with Gasteiger partial charge in [0.15, 0.2) is 0 Å². The monoisotopic (exact) mass is 997 g/mol. The number of fused-ring (bicyclic) bond motifs is 4. The molecule has 9 heterocycles. The number of anilines is 4. The zero-order chi connectivity index (χ0) is 48.0. The van der Waals surface area contributed by atoms with Gasteiger partial charge in [0.25, 0.3) is 23.3 Å². The summed E-state index contributed by atoms with van der Waals surface area (Å²) in [5.74, 6) is -1.31. The highest BCUT2D eigenvalue weighted by Gasteiger charge is 2.46. The summed E-state index contributed by atoms with van der Waals surface area (Å²) in [5, 5.41) is 16.2. The van der Waals surface area contributed by atoms with Crippen LogP contribution in [0.1, 0.15) is 80.3 Å². The Labute approximate surface area is 406 Å². The molecule has 69 heavy (non-hydrogen) atoms. The van der Waals surface area contributed by atoms with E-state index in [0.29, 0.717) is 69.9 Å². The topological polar surface area (TPSA) is 199 Å². The zero-order valence-corrected chi connectivity index (χ0v) is 40.2. The molecule has 1 unspecified atom stereocenters. The number of aliphatic hydroxyl groups excluding tert-OH is 1. The van der Waals surface area contributed by atoms with Gasteiger partial charge in [-0.3, -0.25) is 53.7 Å². The number of amides is 5. The van der Waals surface area contributed by atoms with Crippen molar-refractivity contribution in [2.45, 2.75) is 71.3 Å². The van der Waals surface area contributed by atoms with E-state index in [2.05, 4.69) is 64.7 Å². The maximum absolute atomic E-state index is 14.0. The number of imide groups is 2. The molecule has 5 aromatic rings. The number of carbonyl (C=O) groups excluding carboxylic acids is 5. The average Bonchev–Trinajstić information content (AvgIpc) is 3.91. The largest absolute Gasteiger partial charge is 0.392 e. The molecule has 3 fully saturated rings. The summed E-state index contributed by atoms with van der Waals surface area (Å²) in [6, 6.07) is 12.3. The lowest BCUT2D eigenvalue weighted by molar-refractivity contribution is -0.136. The Hall–Kier alpha value is -6.54. The Morgan fingerprint density at radius 3 is 2.42 bits per heavy atom. The van der Waals surface area contributed by atoms with Gasteiger partial charge in [-0.2, -0.15) is 0 Å². The molecule has 18 nitrogen and oxygen atoms in total. The van der Waals surface area contributed by atoms with Gasteiger partial charge in [0.1, 0.15) is 29.1 Å². The Bertz CT molecular complexity index is 3060. The number of nitrogens with one attached hydrogen (secondary N) is 2. The Morgan fingerprint density at radius 1 is 0.884 bits per heavy atom. The van der Waals surface area contributed by atoms with Crippen LogP contribution in [0.25, 0.3) is 11.1 Å². The average molecular weight is 999 g/mol. The molecule has 0 saturated carbocycles. The molecule has 1 aliphatic carbocycles. The molecule has 6 aliphatic rings. The maximum atomic E-state index is 14.0. The number of rotatable bonds is 10. The number of hydrogen-bond acceptors (Lipinski definition) is 13. The van der Waals surface area contributed by atoms with Gasteiger partial charge in [0.05, 0.1) is 29.6 Å². The van der Waals surface area contributed by atoms with Crippen LogP contribution in [0.2, 0.25) is 0 Å². The number of pyridine rings is 3. The molecule has 4 aromatic heterocycles. The number of aliphatic hydroxyl groups is 1. The van der Waals surface area contributed by atoms with Crippen molar-refractivity contribution in [2.24, 2.45) is 12.5 Å². The second kappa shape index (κ2) is 17.1. The predicted molar refractivity (Wildman–Crippen MR) is 259 cm³/mol. The van der Waals surface area contributed by atoms with E-state index in [1.165, 1.54) is 15.8 Å². The first-order valence-corrected chi connectivity index (χ1v) is 24.3. The number of carbonyl (C=O) groups is 5. The van der Waals surface area contributed by atoms with Gasteiger partial charge >= 0.3 is 0 Å². The van der Waals surface area contributed by atoms with Crippen molar-refractivity contribution in [3.8, 4) is 11.1 Å². The molecule has 0 spiro atoms. The number of aromatic nitrogens is 4. The van der Waals surface area contributed by atoms with Gasteiger partial charge in [-0.15, -0.1) is 0 Å². The third-order valence-electron chi connectivity index (χ3n) is 14.7. The highest BCUT2D eigenvalue weighted by atomic mass is 79.9. The fourth-order valence-corrected chi connectivity index (χ4v) is 11.8. The number of hydrogen-bond donors (Lipinski definition) is 3. The van der Waals surface area contributed by atoms with Gasteiger partial charge in [-0.1, -0.05) is 19.9 Å². The van der Waals surface area contributed by atoms with E-state index in [-0.39, 0.29) is 47.5 Å². The molecule has 3 N–H and O–H groups in total. The van der Waals surface area contributed by atoms with Crippen LogP contribution in [-0.2, 0) is 49.2 Å². The van der Waals surface area contributed by atoms with Gasteiger partial charge < -0.3 is 24.5 Å². The fraction of sp³-hybridized carbons (Fsp3) is 0.400. The lowest BCUT2D eigenvalue weighted by Gasteiger charge is -2.48. The van der Waals surface area contributed by atoms with Crippen LogP contribution in [0, 0.1) is 5.41 Å². The van der Waals surface area contributed by atoms with Crippen molar-refractivity contribution in [3.63, 3.8) is 0 Å². The summed E-state index contributed by atoms with van der Waals surface area (Å²) in [6.07, 6.45) is 7.22. The Balaban J connectivity index is 0.703. The van der Waals surface area contributed by atoms with E-state index in [0.717, 1.165) is 68.3 Å². The highest BCUT2D eigenvalue weighted by molar-refractivity contribution is 9.10. The molecule has 0 bridgehead atoms. The molecule has 0 radical (unpaired) electrons. The first kappa shape index (κ1) is 44.9. The molecule has 5 amide bonds. The van der Waals surface area contributed by atoms with E-state index in [1.807, 2.05) is 30.5 Å². The van der Waals surface area contributed by atoms with E-state index in [4.69, 9.17) is 4.98 Å². The second-order valence-corrected chi connectivity index (χ2v) is 20.6. The molecular formula is C50H52BrN11O7. The van der Waals surface area contributed by atoms with Crippen LogP contribution in [-0.4, -0.2) is 126 Å². The summed E-state index contributed by atoms with van der Waals surface area (Å²) in [7, 11) is 1.68. The first-order valence-electron chi connectivity index (χ1n) is 23.5. The maximum Gasteiger partial charge on any atom is 0.276 e. The molecular weight excluding hydrogens is 947 g/mol. The smallest absolute Gasteiger partial charge is 0.276 e. The number of benzene rings is 1. The molecule has 11 rings (SSSR count). The van der Waals surface area contributed by atoms with Crippen molar-refractivity contribution in [1.82, 2.24) is 39.1 Å². The number of halogens is 1. The lowest BCUT2D eigenvalue weighted by Crippen LogP contribution is -2.62. The molecule has 1 aromatic carbocycles. The van der Waals surface area contributed by atoms with E-state index < -0.39 is 29.7 Å². The van der Waals surface area contributed by atoms with Gasteiger partial charge in [0.2, 0.25) is 11.8 Å². The van der Waals surface area contributed by atoms with E-state index >= 15 is 0 Å².